The molecule has 0 spiro atoms. The van der Waals surface area contributed by atoms with Gasteiger partial charge in [0.15, 0.2) is 0 Å². The molecule has 0 saturated carbocycles. The second-order valence-corrected chi connectivity index (χ2v) is 5.31. The molecule has 1 aromatic heterocycles. The first-order chi connectivity index (χ1) is 9.51. The second kappa shape index (κ2) is 5.99. The number of aromatic nitrogens is 2. The predicted molar refractivity (Wildman–Crippen MR) is 81.9 cm³/mol. The van der Waals surface area contributed by atoms with Gasteiger partial charge in [-0.1, -0.05) is 13.0 Å². The number of aryl methyl sites for hydroxylation is 2. The van der Waals surface area contributed by atoms with Crippen molar-refractivity contribution >= 4 is 5.69 Å². The van der Waals surface area contributed by atoms with Crippen molar-refractivity contribution in [1.82, 2.24) is 9.78 Å². The van der Waals surface area contributed by atoms with Crippen molar-refractivity contribution in [3.05, 3.63) is 41.2 Å². The van der Waals surface area contributed by atoms with Crippen molar-refractivity contribution in [3.63, 3.8) is 0 Å². The van der Waals surface area contributed by atoms with Crippen LogP contribution in [-0.4, -0.2) is 9.78 Å². The maximum absolute atomic E-state index is 5.92. The fourth-order valence-electron chi connectivity index (χ4n) is 2.04. The van der Waals surface area contributed by atoms with Gasteiger partial charge in [0.1, 0.15) is 12.4 Å². The fourth-order valence-corrected chi connectivity index (χ4v) is 2.04. The normalized spacial score (nSPS) is 12.4. The van der Waals surface area contributed by atoms with Crippen molar-refractivity contribution in [2.75, 3.05) is 5.73 Å². The zero-order valence-electron chi connectivity index (χ0n) is 12.7. The Balaban J connectivity index is 2.05. The Morgan fingerprint density at radius 3 is 2.75 bits per heavy atom. The van der Waals surface area contributed by atoms with Crippen LogP contribution in [0.25, 0.3) is 0 Å². The van der Waals surface area contributed by atoms with E-state index in [0.29, 0.717) is 12.6 Å². The van der Waals surface area contributed by atoms with Crippen LogP contribution in [0, 0.1) is 13.8 Å². The topological polar surface area (TPSA) is 53.1 Å². The van der Waals surface area contributed by atoms with Crippen LogP contribution < -0.4 is 10.5 Å². The molecule has 0 saturated heterocycles. The van der Waals surface area contributed by atoms with Gasteiger partial charge >= 0.3 is 0 Å². The molecule has 0 fully saturated rings. The molecule has 20 heavy (non-hydrogen) atoms. The maximum Gasteiger partial charge on any atom is 0.132 e. The molecule has 2 rings (SSSR count). The summed E-state index contributed by atoms with van der Waals surface area (Å²) in [5.41, 5.74) is 9.79. The Labute approximate surface area is 120 Å². The highest BCUT2D eigenvalue weighted by atomic mass is 16.5. The van der Waals surface area contributed by atoms with E-state index >= 15 is 0 Å². The van der Waals surface area contributed by atoms with Gasteiger partial charge in [0.25, 0.3) is 0 Å². The first-order valence-electron chi connectivity index (χ1n) is 7.04. The van der Waals surface area contributed by atoms with E-state index in [1.165, 1.54) is 0 Å². The lowest BCUT2D eigenvalue weighted by atomic mass is 10.1. The van der Waals surface area contributed by atoms with E-state index in [2.05, 4.69) is 18.9 Å². The molecule has 0 bridgehead atoms. The van der Waals surface area contributed by atoms with E-state index in [4.69, 9.17) is 10.5 Å². The number of nitrogen functional groups attached to an aromatic ring is 1. The minimum absolute atomic E-state index is 0.417. The number of hydrogen-bond donors (Lipinski definition) is 1. The summed E-state index contributed by atoms with van der Waals surface area (Å²) < 4.78 is 7.81. The van der Waals surface area contributed by atoms with Gasteiger partial charge in [-0.2, -0.15) is 5.10 Å². The minimum atomic E-state index is 0.417. The molecule has 0 amide bonds. The molecule has 1 heterocycles. The van der Waals surface area contributed by atoms with Gasteiger partial charge in [0.2, 0.25) is 0 Å². The Kier molecular flexibility index (Phi) is 4.32. The maximum atomic E-state index is 5.92. The van der Waals surface area contributed by atoms with Crippen molar-refractivity contribution in [3.8, 4) is 5.75 Å². The highest BCUT2D eigenvalue weighted by molar-refractivity contribution is 5.54. The van der Waals surface area contributed by atoms with Crippen molar-refractivity contribution in [2.45, 2.75) is 46.8 Å². The summed E-state index contributed by atoms with van der Waals surface area (Å²) >= 11 is 0. The zero-order valence-corrected chi connectivity index (χ0v) is 12.7. The molecule has 108 valence electrons. The number of hydrogen-bond acceptors (Lipinski definition) is 3. The molecular formula is C16H23N3O. The lowest BCUT2D eigenvalue weighted by Crippen LogP contribution is -2.06. The summed E-state index contributed by atoms with van der Waals surface area (Å²) in [6.45, 7) is 8.80. The van der Waals surface area contributed by atoms with E-state index in [9.17, 15) is 0 Å². The summed E-state index contributed by atoms with van der Waals surface area (Å²) in [5, 5.41) is 4.53. The molecule has 2 aromatic rings. The fraction of sp³-hybridized carbons (Fsp3) is 0.438. The average molecular weight is 273 g/mol. The summed E-state index contributed by atoms with van der Waals surface area (Å²) in [6.07, 6.45) is 3.07. The molecule has 1 atom stereocenters. The van der Waals surface area contributed by atoms with Gasteiger partial charge < -0.3 is 10.5 Å². The van der Waals surface area contributed by atoms with Gasteiger partial charge in [0, 0.05) is 24.0 Å². The summed E-state index contributed by atoms with van der Waals surface area (Å²) in [7, 11) is 0. The SMILES string of the molecule is CCC(C)n1ccc(COc2cc(N)c(C)cc2C)n1. The van der Waals surface area contributed by atoms with Crippen LogP contribution in [0.5, 0.6) is 5.75 Å². The first kappa shape index (κ1) is 14.4. The molecule has 4 heteroatoms. The molecule has 0 aliphatic carbocycles. The molecule has 0 aliphatic rings. The van der Waals surface area contributed by atoms with E-state index in [0.717, 1.165) is 34.7 Å². The summed E-state index contributed by atoms with van der Waals surface area (Å²) in [5.74, 6) is 0.825. The van der Waals surface area contributed by atoms with Crippen molar-refractivity contribution in [1.29, 1.82) is 0 Å². The Morgan fingerprint density at radius 1 is 1.30 bits per heavy atom. The summed E-state index contributed by atoms with van der Waals surface area (Å²) in [6, 6.07) is 6.35. The molecule has 0 radical (unpaired) electrons. The molecule has 1 aromatic carbocycles. The van der Waals surface area contributed by atoms with Crippen LogP contribution in [-0.2, 0) is 6.61 Å². The Hall–Kier alpha value is -1.97. The molecule has 2 N–H and O–H groups in total. The van der Waals surface area contributed by atoms with Gasteiger partial charge in [-0.15, -0.1) is 0 Å². The zero-order chi connectivity index (χ0) is 14.7. The number of nitrogens with zero attached hydrogens (tertiary/aromatic N) is 2. The third-order valence-corrected chi connectivity index (χ3v) is 3.65. The Bertz CT molecular complexity index is 589. The van der Waals surface area contributed by atoms with Crippen LogP contribution in [0.4, 0.5) is 5.69 Å². The van der Waals surface area contributed by atoms with E-state index in [1.54, 1.807) is 0 Å². The molecule has 0 aliphatic heterocycles. The number of anilines is 1. The van der Waals surface area contributed by atoms with Crippen LogP contribution in [0.15, 0.2) is 24.4 Å². The number of ether oxygens (including phenoxy) is 1. The third kappa shape index (κ3) is 3.13. The number of rotatable bonds is 5. The first-order valence-corrected chi connectivity index (χ1v) is 7.04. The van der Waals surface area contributed by atoms with Gasteiger partial charge in [-0.05, 0) is 44.4 Å². The number of nitrogens with two attached hydrogens (primary N) is 1. The second-order valence-electron chi connectivity index (χ2n) is 5.31. The predicted octanol–water partition coefficient (Wildman–Crippen LogP) is 3.63. The van der Waals surface area contributed by atoms with Crippen molar-refractivity contribution < 1.29 is 4.74 Å². The average Bonchev–Trinajstić information content (AvgIpc) is 2.89. The lowest BCUT2D eigenvalue weighted by molar-refractivity contribution is 0.296. The van der Waals surface area contributed by atoms with E-state index < -0.39 is 0 Å². The van der Waals surface area contributed by atoms with Crippen LogP contribution in [0.3, 0.4) is 0 Å². The van der Waals surface area contributed by atoms with Crippen LogP contribution in [0.2, 0.25) is 0 Å². The smallest absolute Gasteiger partial charge is 0.132 e. The van der Waals surface area contributed by atoms with E-state index in [1.807, 2.05) is 42.9 Å². The standard InChI is InChI=1S/C16H23N3O/c1-5-13(4)19-7-6-14(18-19)10-20-16-9-15(17)11(2)8-12(16)3/h6-9,13H,5,10,17H2,1-4H3. The largest absolute Gasteiger partial charge is 0.487 e. The highest BCUT2D eigenvalue weighted by Gasteiger charge is 2.07. The third-order valence-electron chi connectivity index (χ3n) is 3.65. The molecular weight excluding hydrogens is 250 g/mol. The quantitative estimate of drug-likeness (QED) is 0.846. The molecule has 1 unspecified atom stereocenters. The monoisotopic (exact) mass is 273 g/mol. The van der Waals surface area contributed by atoms with Gasteiger partial charge in [0.05, 0.1) is 5.69 Å². The van der Waals surface area contributed by atoms with E-state index in [-0.39, 0.29) is 0 Å². The van der Waals surface area contributed by atoms with Gasteiger partial charge in [-0.25, -0.2) is 0 Å². The van der Waals surface area contributed by atoms with Crippen LogP contribution in [0.1, 0.15) is 43.1 Å². The van der Waals surface area contributed by atoms with Gasteiger partial charge in [-0.3, -0.25) is 4.68 Å². The lowest BCUT2D eigenvalue weighted by Gasteiger charge is -2.11. The summed E-state index contributed by atoms with van der Waals surface area (Å²) in [4.78, 5) is 0. The number of benzene rings is 1. The minimum Gasteiger partial charge on any atom is -0.487 e. The highest BCUT2D eigenvalue weighted by Crippen LogP contribution is 2.25. The van der Waals surface area contributed by atoms with Crippen LogP contribution >= 0.6 is 0 Å². The Morgan fingerprint density at radius 2 is 2.05 bits per heavy atom. The molecule has 4 nitrogen and oxygen atoms in total. The van der Waals surface area contributed by atoms with Crippen molar-refractivity contribution in [2.24, 2.45) is 0 Å².